The van der Waals surface area contributed by atoms with Crippen LogP contribution in [0.2, 0.25) is 0 Å². The number of aromatic nitrogens is 4. The summed E-state index contributed by atoms with van der Waals surface area (Å²) >= 11 is 0. The average molecular weight is 640 g/mol. The second kappa shape index (κ2) is 13.1. The first kappa shape index (κ1) is 32.1. The predicted molar refractivity (Wildman–Crippen MR) is 174 cm³/mol. The number of H-pyrrole nitrogens is 1. The molecule has 5 aromatic rings. The summed E-state index contributed by atoms with van der Waals surface area (Å²) in [6.45, 7) is 5.31. The second-order valence-corrected chi connectivity index (χ2v) is 11.9. The average Bonchev–Trinajstić information content (AvgIpc) is 3.63. The molecule has 3 heterocycles. The Morgan fingerprint density at radius 1 is 1.00 bits per heavy atom. The number of nitrogens with one attached hydrogen (secondary N) is 2. The summed E-state index contributed by atoms with van der Waals surface area (Å²) in [6, 6.07) is 25.4. The number of anilines is 1. The third kappa shape index (κ3) is 6.03. The number of amides is 1. The van der Waals surface area contributed by atoms with Crippen LogP contribution in [0.25, 0.3) is 11.2 Å². The molecule has 0 aliphatic carbocycles. The number of aliphatic hydroxyl groups excluding tert-OH is 2. The molecule has 0 spiro atoms. The summed E-state index contributed by atoms with van der Waals surface area (Å²) in [4.78, 5) is 36.1. The van der Waals surface area contributed by atoms with Crippen LogP contribution in [-0.4, -0.2) is 67.7 Å². The molecule has 47 heavy (non-hydrogen) atoms. The summed E-state index contributed by atoms with van der Waals surface area (Å²) in [5.41, 5.74) is 1.94. The molecule has 4 N–H and O–H groups in total. The largest absolute Gasteiger partial charge is 0.497 e. The zero-order valence-corrected chi connectivity index (χ0v) is 26.5. The van der Waals surface area contributed by atoms with Gasteiger partial charge in [0.1, 0.15) is 29.7 Å². The van der Waals surface area contributed by atoms with Gasteiger partial charge < -0.3 is 24.4 Å². The first-order chi connectivity index (χ1) is 22.6. The van der Waals surface area contributed by atoms with E-state index in [2.05, 4.69) is 20.3 Å². The minimum Gasteiger partial charge on any atom is -0.497 e. The number of hydrogen-bond acceptors (Lipinski definition) is 9. The lowest BCUT2D eigenvalue weighted by molar-refractivity contribution is -0.118. The maximum Gasteiger partial charge on any atom is 0.280 e. The van der Waals surface area contributed by atoms with Crippen molar-refractivity contribution in [1.82, 2.24) is 19.5 Å². The lowest BCUT2D eigenvalue weighted by atomic mass is 9.79. The minimum atomic E-state index is -1.41. The number of nitrogens with zero attached hydrogens (tertiary/aromatic N) is 3. The summed E-state index contributed by atoms with van der Waals surface area (Å²) in [7, 11) is 1.61. The number of carbonyl (C=O) groups is 1. The Bertz CT molecular complexity index is 1910. The van der Waals surface area contributed by atoms with Crippen molar-refractivity contribution in [1.29, 1.82) is 0 Å². The van der Waals surface area contributed by atoms with Crippen LogP contribution in [0.15, 0.2) is 90.0 Å². The number of aromatic amines is 1. The summed E-state index contributed by atoms with van der Waals surface area (Å²) in [5.74, 6) is -0.0681. The van der Waals surface area contributed by atoms with E-state index in [-0.39, 0.29) is 35.5 Å². The molecule has 12 heteroatoms. The molecule has 0 radical (unpaired) electrons. The van der Waals surface area contributed by atoms with E-state index in [1.807, 2.05) is 85.8 Å². The van der Waals surface area contributed by atoms with Crippen molar-refractivity contribution >= 4 is 23.0 Å². The number of benzene rings is 3. The number of imidazole rings is 1. The molecule has 2 unspecified atom stereocenters. The number of ether oxygens (including phenoxy) is 3. The van der Waals surface area contributed by atoms with Gasteiger partial charge in [0.25, 0.3) is 5.56 Å². The first-order valence-corrected chi connectivity index (χ1v) is 15.3. The maximum absolute atomic E-state index is 12.8. The van der Waals surface area contributed by atoms with Crippen molar-refractivity contribution < 1.29 is 29.2 Å². The molecule has 1 aliphatic rings. The van der Waals surface area contributed by atoms with E-state index in [4.69, 9.17) is 14.2 Å². The molecular weight excluding hydrogens is 602 g/mol. The van der Waals surface area contributed by atoms with Crippen LogP contribution in [0.4, 0.5) is 5.95 Å². The van der Waals surface area contributed by atoms with E-state index in [9.17, 15) is 19.8 Å². The Balaban J connectivity index is 1.36. The molecule has 3 aromatic carbocycles. The number of aryl methyl sites for hydroxylation is 1. The molecule has 244 valence electrons. The van der Waals surface area contributed by atoms with Gasteiger partial charge in [0.2, 0.25) is 11.9 Å². The van der Waals surface area contributed by atoms with Gasteiger partial charge in [-0.1, -0.05) is 86.1 Å². The van der Waals surface area contributed by atoms with E-state index in [0.29, 0.717) is 5.75 Å². The van der Waals surface area contributed by atoms with Crippen LogP contribution in [-0.2, 0) is 19.9 Å². The maximum atomic E-state index is 12.8. The van der Waals surface area contributed by atoms with Crippen molar-refractivity contribution in [2.45, 2.75) is 50.9 Å². The lowest BCUT2D eigenvalue weighted by Crippen LogP contribution is -2.39. The number of hydrogen-bond donors (Lipinski definition) is 4. The van der Waals surface area contributed by atoms with Crippen LogP contribution in [0.5, 0.6) is 5.75 Å². The van der Waals surface area contributed by atoms with Crippen molar-refractivity contribution in [3.63, 3.8) is 0 Å². The quantitative estimate of drug-likeness (QED) is 0.167. The molecule has 12 nitrogen and oxygen atoms in total. The third-order valence-corrected chi connectivity index (χ3v) is 8.41. The molecule has 0 bridgehead atoms. The fourth-order valence-corrected chi connectivity index (χ4v) is 5.77. The van der Waals surface area contributed by atoms with Crippen LogP contribution in [0.1, 0.15) is 42.3 Å². The SMILES string of the molecule is COc1ccc(C(OC[C@H]2O[C@@H](n3cnc4c(=O)[nH]c(NC(=O)C(C)C)nc43)[C@@H](O)C2O)(c2ccccc2)c2ccc(C)cc2)cc1. The Labute approximate surface area is 271 Å². The summed E-state index contributed by atoms with van der Waals surface area (Å²) < 4.78 is 19.9. The Morgan fingerprint density at radius 2 is 1.64 bits per heavy atom. The van der Waals surface area contributed by atoms with Crippen molar-refractivity contribution in [3.05, 3.63) is 118 Å². The van der Waals surface area contributed by atoms with Gasteiger partial charge >= 0.3 is 0 Å². The van der Waals surface area contributed by atoms with Gasteiger partial charge in [0.15, 0.2) is 17.4 Å². The van der Waals surface area contributed by atoms with Crippen LogP contribution >= 0.6 is 0 Å². The van der Waals surface area contributed by atoms with E-state index in [1.165, 1.54) is 10.9 Å². The summed E-state index contributed by atoms with van der Waals surface area (Å²) in [6.07, 6.45) is -3.61. The highest BCUT2D eigenvalue weighted by Gasteiger charge is 2.47. The molecular formula is C35H37N5O7. The van der Waals surface area contributed by atoms with Crippen molar-refractivity contribution in [3.8, 4) is 5.75 Å². The molecule has 6 rings (SSSR count). The van der Waals surface area contributed by atoms with Gasteiger partial charge in [-0.05, 0) is 35.7 Å². The Kier molecular flexibility index (Phi) is 8.93. The topological polar surface area (TPSA) is 161 Å². The molecule has 1 saturated heterocycles. The number of fused-ring (bicyclic) bond motifs is 1. The minimum absolute atomic E-state index is 0.0143. The molecule has 5 atom stereocenters. The third-order valence-electron chi connectivity index (χ3n) is 8.41. The van der Waals surface area contributed by atoms with Gasteiger partial charge in [0.05, 0.1) is 20.0 Å². The van der Waals surface area contributed by atoms with Gasteiger partial charge in [-0.3, -0.25) is 24.5 Å². The molecule has 2 aromatic heterocycles. The Morgan fingerprint density at radius 3 is 2.28 bits per heavy atom. The van der Waals surface area contributed by atoms with E-state index in [0.717, 1.165) is 22.3 Å². The normalized spacial score (nSPS) is 20.7. The first-order valence-electron chi connectivity index (χ1n) is 15.3. The highest BCUT2D eigenvalue weighted by atomic mass is 16.6. The van der Waals surface area contributed by atoms with E-state index >= 15 is 0 Å². The fourth-order valence-electron chi connectivity index (χ4n) is 5.77. The second-order valence-electron chi connectivity index (χ2n) is 11.9. The Hall–Kier alpha value is -4.88. The van der Waals surface area contributed by atoms with Crippen LogP contribution < -0.4 is 15.6 Å². The van der Waals surface area contributed by atoms with Gasteiger partial charge in [-0.2, -0.15) is 4.98 Å². The van der Waals surface area contributed by atoms with Crippen LogP contribution in [0, 0.1) is 12.8 Å². The van der Waals surface area contributed by atoms with E-state index < -0.39 is 35.7 Å². The van der Waals surface area contributed by atoms with E-state index in [1.54, 1.807) is 21.0 Å². The highest BCUT2D eigenvalue weighted by molar-refractivity contribution is 5.91. The highest BCUT2D eigenvalue weighted by Crippen LogP contribution is 2.42. The van der Waals surface area contributed by atoms with Gasteiger partial charge in [-0.25, -0.2) is 4.98 Å². The zero-order valence-electron chi connectivity index (χ0n) is 26.5. The molecule has 1 amide bonds. The summed E-state index contributed by atoms with van der Waals surface area (Å²) in [5, 5.41) is 25.0. The number of methoxy groups -OCH3 is 1. The molecule has 0 saturated carbocycles. The number of aliphatic hydroxyl groups is 2. The van der Waals surface area contributed by atoms with Gasteiger partial charge in [0, 0.05) is 5.92 Å². The van der Waals surface area contributed by atoms with Crippen LogP contribution in [0.3, 0.4) is 0 Å². The van der Waals surface area contributed by atoms with Crippen molar-refractivity contribution in [2.24, 2.45) is 5.92 Å². The molecule has 1 fully saturated rings. The fraction of sp³-hybridized carbons (Fsp3) is 0.314. The van der Waals surface area contributed by atoms with Crippen molar-refractivity contribution in [2.75, 3.05) is 19.0 Å². The number of rotatable bonds is 10. The van der Waals surface area contributed by atoms with Gasteiger partial charge in [-0.15, -0.1) is 0 Å². The zero-order chi connectivity index (χ0) is 33.3. The smallest absolute Gasteiger partial charge is 0.280 e. The molecule has 1 aliphatic heterocycles. The predicted octanol–water partition coefficient (Wildman–Crippen LogP) is 3.66. The number of carbonyl (C=O) groups excluding carboxylic acids is 1. The monoisotopic (exact) mass is 639 g/mol. The standard InChI is InChI=1S/C35H37N5O7/c1-20(2)31(43)38-34-37-30-27(32(44)39-34)36-19-40(30)33-29(42)28(41)26(47-33)18-46-35(22-8-6-5-7-9-22,23-12-10-21(3)11-13-23)24-14-16-25(45-4)17-15-24/h5-17,19-20,26,28-29,33,41-42H,18H2,1-4H3,(H2,37,38,39,43,44)/t26-,28?,29+,33-,35?/m1/s1. The lowest BCUT2D eigenvalue weighted by Gasteiger charge is -2.37.